The van der Waals surface area contributed by atoms with E-state index in [0.29, 0.717) is 5.88 Å². The Balaban J connectivity index is 2.00. The maximum atomic E-state index is 5.90. The molecule has 3 nitrogen and oxygen atoms in total. The third-order valence-electron chi connectivity index (χ3n) is 2.66. The summed E-state index contributed by atoms with van der Waals surface area (Å²) >= 11 is 0. The molecule has 14 heavy (non-hydrogen) atoms. The summed E-state index contributed by atoms with van der Waals surface area (Å²) in [5.41, 5.74) is 7.05. The molecule has 1 heterocycles. The van der Waals surface area contributed by atoms with Gasteiger partial charge in [0.1, 0.15) is 6.10 Å². The van der Waals surface area contributed by atoms with E-state index in [2.05, 4.69) is 4.98 Å². The van der Waals surface area contributed by atoms with Crippen LogP contribution in [0.4, 0.5) is 0 Å². The van der Waals surface area contributed by atoms with E-state index in [1.807, 2.05) is 25.3 Å². The monoisotopic (exact) mass is 192 g/mol. The van der Waals surface area contributed by atoms with Crippen molar-refractivity contribution in [2.75, 3.05) is 0 Å². The predicted molar refractivity (Wildman–Crippen MR) is 55.2 cm³/mol. The van der Waals surface area contributed by atoms with E-state index >= 15 is 0 Å². The van der Waals surface area contributed by atoms with Crippen molar-refractivity contribution in [3.05, 3.63) is 23.9 Å². The second-order valence-electron chi connectivity index (χ2n) is 3.92. The Hall–Kier alpha value is -1.09. The van der Waals surface area contributed by atoms with E-state index in [4.69, 9.17) is 10.5 Å². The van der Waals surface area contributed by atoms with Crippen molar-refractivity contribution in [3.8, 4) is 5.88 Å². The number of nitrogens with zero attached hydrogens (tertiary/aromatic N) is 1. The Bertz CT molecular complexity index is 297. The van der Waals surface area contributed by atoms with Gasteiger partial charge in [0.25, 0.3) is 0 Å². The molecule has 1 aliphatic carbocycles. The third kappa shape index (κ3) is 2.04. The summed E-state index contributed by atoms with van der Waals surface area (Å²) in [5.74, 6) is 0.693. The van der Waals surface area contributed by atoms with Crippen molar-refractivity contribution in [1.29, 1.82) is 0 Å². The fraction of sp³-hybridized carbons (Fsp3) is 0.545. The van der Waals surface area contributed by atoms with Crippen molar-refractivity contribution < 1.29 is 4.74 Å². The zero-order chi connectivity index (χ0) is 9.97. The lowest BCUT2D eigenvalue weighted by atomic mass is 10.2. The lowest BCUT2D eigenvalue weighted by Gasteiger charge is -2.16. The molecule has 2 unspecified atom stereocenters. The maximum absolute atomic E-state index is 5.90. The van der Waals surface area contributed by atoms with E-state index in [0.717, 1.165) is 24.8 Å². The first kappa shape index (κ1) is 9.46. The van der Waals surface area contributed by atoms with Crippen LogP contribution in [0.15, 0.2) is 18.3 Å². The first-order chi connectivity index (χ1) is 6.75. The van der Waals surface area contributed by atoms with E-state index in [9.17, 15) is 0 Å². The Labute approximate surface area is 84.3 Å². The SMILES string of the molecule is Cc1ccc(OC2CCCC2N)nc1. The van der Waals surface area contributed by atoms with E-state index in [1.165, 1.54) is 0 Å². The number of aryl methyl sites for hydroxylation is 1. The topological polar surface area (TPSA) is 48.1 Å². The zero-order valence-corrected chi connectivity index (χ0v) is 8.44. The minimum absolute atomic E-state index is 0.158. The molecule has 0 spiro atoms. The van der Waals surface area contributed by atoms with Crippen molar-refractivity contribution in [1.82, 2.24) is 4.98 Å². The van der Waals surface area contributed by atoms with Gasteiger partial charge in [0.05, 0.1) is 0 Å². The molecule has 2 rings (SSSR count). The van der Waals surface area contributed by atoms with Gasteiger partial charge >= 0.3 is 0 Å². The average Bonchev–Trinajstić information content (AvgIpc) is 2.56. The summed E-state index contributed by atoms with van der Waals surface area (Å²) in [6.45, 7) is 2.01. The van der Waals surface area contributed by atoms with Gasteiger partial charge in [0.15, 0.2) is 0 Å². The van der Waals surface area contributed by atoms with Crippen LogP contribution < -0.4 is 10.5 Å². The Kier molecular flexibility index (Phi) is 2.68. The van der Waals surface area contributed by atoms with Crippen LogP contribution in [0, 0.1) is 6.92 Å². The smallest absolute Gasteiger partial charge is 0.213 e. The number of hydrogen-bond donors (Lipinski definition) is 1. The summed E-state index contributed by atoms with van der Waals surface area (Å²) in [4.78, 5) is 4.20. The van der Waals surface area contributed by atoms with Crippen LogP contribution in [0.5, 0.6) is 5.88 Å². The number of rotatable bonds is 2. The molecule has 1 saturated carbocycles. The molecule has 1 aromatic rings. The van der Waals surface area contributed by atoms with Crippen LogP contribution in [0.1, 0.15) is 24.8 Å². The molecule has 0 radical (unpaired) electrons. The molecular formula is C11H16N2O. The molecule has 0 aromatic carbocycles. The molecule has 0 saturated heterocycles. The van der Waals surface area contributed by atoms with Crippen LogP contribution in [0.2, 0.25) is 0 Å². The zero-order valence-electron chi connectivity index (χ0n) is 8.44. The van der Waals surface area contributed by atoms with Crippen LogP contribution in [-0.2, 0) is 0 Å². The van der Waals surface area contributed by atoms with Gasteiger partial charge in [-0.05, 0) is 31.7 Å². The van der Waals surface area contributed by atoms with Crippen LogP contribution in [0.3, 0.4) is 0 Å². The quantitative estimate of drug-likeness (QED) is 0.775. The Morgan fingerprint density at radius 1 is 1.43 bits per heavy atom. The fourth-order valence-corrected chi connectivity index (χ4v) is 1.78. The second-order valence-corrected chi connectivity index (χ2v) is 3.92. The molecule has 1 aliphatic rings. The highest BCUT2D eigenvalue weighted by Gasteiger charge is 2.25. The molecule has 2 atom stereocenters. The largest absolute Gasteiger partial charge is 0.473 e. The van der Waals surface area contributed by atoms with E-state index < -0.39 is 0 Å². The standard InChI is InChI=1S/C11H16N2O/c1-8-5-6-11(13-7-8)14-10-4-2-3-9(10)12/h5-7,9-10H,2-4,12H2,1H3. The molecule has 0 bridgehead atoms. The Morgan fingerprint density at radius 2 is 2.29 bits per heavy atom. The van der Waals surface area contributed by atoms with E-state index in [1.54, 1.807) is 0 Å². The first-order valence-corrected chi connectivity index (χ1v) is 5.10. The predicted octanol–water partition coefficient (Wildman–Crippen LogP) is 1.65. The highest BCUT2D eigenvalue weighted by atomic mass is 16.5. The summed E-state index contributed by atoms with van der Waals surface area (Å²) in [7, 11) is 0. The van der Waals surface area contributed by atoms with Crippen LogP contribution >= 0.6 is 0 Å². The molecular weight excluding hydrogens is 176 g/mol. The van der Waals surface area contributed by atoms with Crippen molar-refractivity contribution in [3.63, 3.8) is 0 Å². The van der Waals surface area contributed by atoms with Gasteiger partial charge in [-0.25, -0.2) is 4.98 Å². The van der Waals surface area contributed by atoms with Gasteiger partial charge in [-0.1, -0.05) is 6.07 Å². The van der Waals surface area contributed by atoms with Gasteiger partial charge < -0.3 is 10.5 Å². The molecule has 2 N–H and O–H groups in total. The first-order valence-electron chi connectivity index (χ1n) is 5.10. The number of aromatic nitrogens is 1. The van der Waals surface area contributed by atoms with Gasteiger partial charge in [-0.3, -0.25) is 0 Å². The fourth-order valence-electron chi connectivity index (χ4n) is 1.78. The summed E-state index contributed by atoms with van der Waals surface area (Å²) in [6, 6.07) is 4.08. The van der Waals surface area contributed by atoms with E-state index in [-0.39, 0.29) is 12.1 Å². The minimum atomic E-state index is 0.158. The molecule has 1 aromatic heterocycles. The van der Waals surface area contributed by atoms with Gasteiger partial charge in [-0.15, -0.1) is 0 Å². The summed E-state index contributed by atoms with van der Waals surface area (Å²) in [5, 5.41) is 0. The van der Waals surface area contributed by atoms with Gasteiger partial charge in [0, 0.05) is 18.3 Å². The number of nitrogens with two attached hydrogens (primary N) is 1. The molecule has 0 amide bonds. The van der Waals surface area contributed by atoms with Crippen LogP contribution in [0.25, 0.3) is 0 Å². The van der Waals surface area contributed by atoms with Gasteiger partial charge in [0.2, 0.25) is 5.88 Å². The summed E-state index contributed by atoms with van der Waals surface area (Å²) in [6.07, 6.45) is 5.26. The average molecular weight is 192 g/mol. The summed E-state index contributed by atoms with van der Waals surface area (Å²) < 4.78 is 5.71. The van der Waals surface area contributed by atoms with Crippen molar-refractivity contribution in [2.24, 2.45) is 5.73 Å². The van der Waals surface area contributed by atoms with Crippen molar-refractivity contribution >= 4 is 0 Å². The van der Waals surface area contributed by atoms with Crippen molar-refractivity contribution in [2.45, 2.75) is 38.3 Å². The molecule has 1 fully saturated rings. The highest BCUT2D eigenvalue weighted by Crippen LogP contribution is 2.22. The molecule has 0 aliphatic heterocycles. The lowest BCUT2D eigenvalue weighted by Crippen LogP contribution is -2.33. The highest BCUT2D eigenvalue weighted by molar-refractivity contribution is 5.16. The molecule has 76 valence electrons. The minimum Gasteiger partial charge on any atom is -0.473 e. The number of pyridine rings is 1. The normalized spacial score (nSPS) is 26.4. The maximum Gasteiger partial charge on any atom is 0.213 e. The Morgan fingerprint density at radius 3 is 2.86 bits per heavy atom. The molecule has 3 heteroatoms. The number of ether oxygens (including phenoxy) is 1. The third-order valence-corrected chi connectivity index (χ3v) is 2.66. The lowest BCUT2D eigenvalue weighted by molar-refractivity contribution is 0.184. The van der Waals surface area contributed by atoms with Crippen LogP contribution in [-0.4, -0.2) is 17.1 Å². The second kappa shape index (κ2) is 3.96. The van der Waals surface area contributed by atoms with Gasteiger partial charge in [-0.2, -0.15) is 0 Å². The number of hydrogen-bond acceptors (Lipinski definition) is 3.